The molecule has 0 radical (unpaired) electrons. The summed E-state index contributed by atoms with van der Waals surface area (Å²) in [6.07, 6.45) is 35.1. The molecular weight excluding hydrogens is 946 g/mol. The molecule has 1 aliphatic carbocycles. The summed E-state index contributed by atoms with van der Waals surface area (Å²) in [7, 11) is -10.8. The monoisotopic (exact) mass is 1030 g/mol. The van der Waals surface area contributed by atoms with Gasteiger partial charge in [-0.05, 0) is 77.0 Å². The summed E-state index contributed by atoms with van der Waals surface area (Å²) in [6, 6.07) is 0. The van der Waals surface area contributed by atoms with E-state index in [4.69, 9.17) is 18.5 Å². The Morgan fingerprint density at radius 2 is 1.04 bits per heavy atom. The molecule has 1 aliphatic rings. The van der Waals surface area contributed by atoms with Crippen LogP contribution < -0.4 is 0 Å². The smallest absolute Gasteiger partial charge is 0.462 e. The van der Waals surface area contributed by atoms with Gasteiger partial charge in [0.1, 0.15) is 43.2 Å². The highest BCUT2D eigenvalue weighted by Crippen LogP contribution is 2.49. The Labute approximate surface area is 415 Å². The molecule has 0 saturated heterocycles. The molecule has 0 spiro atoms. The third-order valence-corrected chi connectivity index (χ3v) is 12.0. The second-order valence-corrected chi connectivity index (χ2v) is 19.2. The van der Waals surface area contributed by atoms with E-state index in [1.54, 1.807) is 12.2 Å². The highest BCUT2D eigenvalue weighted by Gasteiger charge is 2.54. The zero-order valence-electron chi connectivity index (χ0n) is 41.0. The van der Waals surface area contributed by atoms with Crippen molar-refractivity contribution in [1.29, 1.82) is 0 Å². The highest BCUT2D eigenvalue weighted by atomic mass is 31.2. The van der Waals surface area contributed by atoms with Crippen LogP contribution in [0.15, 0.2) is 109 Å². The minimum absolute atomic E-state index is 0.00734. The van der Waals surface area contributed by atoms with Gasteiger partial charge in [-0.3, -0.25) is 23.2 Å². The number of phosphoric acid groups is 2. The van der Waals surface area contributed by atoms with E-state index >= 15 is 0 Å². The first-order valence-electron chi connectivity index (χ1n) is 24.5. The van der Waals surface area contributed by atoms with Crippen molar-refractivity contribution in [3.8, 4) is 0 Å². The summed E-state index contributed by atoms with van der Waals surface area (Å²) < 4.78 is 49.1. The Balaban J connectivity index is 2.73. The Kier molecular flexibility index (Phi) is 37.1. The number of phosphoric ester groups is 2. The SMILES string of the molecule is CC/C=C\C/C=C\C/C=C\C/C=C\C/C=C\C=C/C(O)CCC(=O)O[C@H](COC(=O)CCC/C=C\C/C=C\C/C=C\CCCCCCCC)COP(=O)(O)O[C@H]1C(O)C(O)C(O)[C@@H](OP(=O)(O)O)C1O. The minimum atomic E-state index is -5.40. The number of rotatable bonds is 39. The van der Waals surface area contributed by atoms with Crippen LogP contribution >= 0.6 is 15.6 Å². The average Bonchev–Trinajstić information content (AvgIpc) is 3.31. The van der Waals surface area contributed by atoms with Gasteiger partial charge in [-0.1, -0.05) is 155 Å². The Morgan fingerprint density at radius 3 is 1.60 bits per heavy atom. The van der Waals surface area contributed by atoms with Crippen molar-refractivity contribution in [3.05, 3.63) is 109 Å². The van der Waals surface area contributed by atoms with Gasteiger partial charge in [-0.25, -0.2) is 9.13 Å². The average molecular weight is 1030 g/mol. The molecule has 398 valence electrons. The van der Waals surface area contributed by atoms with Crippen LogP contribution in [0.4, 0.5) is 0 Å². The lowest BCUT2D eigenvalue weighted by Gasteiger charge is -2.43. The summed E-state index contributed by atoms with van der Waals surface area (Å²) in [6.45, 7) is 2.74. The lowest BCUT2D eigenvalue weighted by Crippen LogP contribution is -2.64. The van der Waals surface area contributed by atoms with Gasteiger partial charge in [-0.2, -0.15) is 0 Å². The molecule has 0 bridgehead atoms. The number of carbonyl (C=O) groups excluding carboxylic acids is 2. The molecular formula is C51H82O17P2. The van der Waals surface area contributed by atoms with E-state index in [1.807, 2.05) is 30.4 Å². The van der Waals surface area contributed by atoms with Crippen LogP contribution in [0.5, 0.6) is 0 Å². The van der Waals surface area contributed by atoms with Crippen molar-refractivity contribution in [2.24, 2.45) is 0 Å². The van der Waals surface area contributed by atoms with E-state index in [0.29, 0.717) is 19.3 Å². The minimum Gasteiger partial charge on any atom is -0.462 e. The maximum Gasteiger partial charge on any atom is 0.472 e. The van der Waals surface area contributed by atoms with Crippen LogP contribution in [0.25, 0.3) is 0 Å². The van der Waals surface area contributed by atoms with Gasteiger partial charge in [0.2, 0.25) is 0 Å². The zero-order chi connectivity index (χ0) is 51.9. The van der Waals surface area contributed by atoms with Gasteiger partial charge in [0, 0.05) is 12.8 Å². The third kappa shape index (κ3) is 34.1. The quantitative estimate of drug-likeness (QED) is 0.00940. The van der Waals surface area contributed by atoms with Crippen molar-refractivity contribution < 1.29 is 82.0 Å². The van der Waals surface area contributed by atoms with Crippen LogP contribution in [-0.2, 0) is 41.8 Å². The predicted molar refractivity (Wildman–Crippen MR) is 270 cm³/mol. The molecule has 1 rings (SSSR count). The third-order valence-electron chi connectivity index (χ3n) is 10.4. The van der Waals surface area contributed by atoms with Gasteiger partial charge in [0.25, 0.3) is 0 Å². The molecule has 0 amide bonds. The molecule has 9 atom stereocenters. The van der Waals surface area contributed by atoms with Crippen LogP contribution in [0.3, 0.4) is 0 Å². The van der Waals surface area contributed by atoms with E-state index in [9.17, 15) is 58.9 Å². The lowest BCUT2D eigenvalue weighted by molar-refractivity contribution is -0.216. The molecule has 0 aromatic rings. The van der Waals surface area contributed by atoms with Crippen molar-refractivity contribution in [2.45, 2.75) is 185 Å². The summed E-state index contributed by atoms with van der Waals surface area (Å²) >= 11 is 0. The Bertz CT molecular complexity index is 1780. The fourth-order valence-corrected chi connectivity index (χ4v) is 8.16. The van der Waals surface area contributed by atoms with E-state index in [0.717, 1.165) is 44.9 Å². The summed E-state index contributed by atoms with van der Waals surface area (Å²) in [4.78, 5) is 54.3. The van der Waals surface area contributed by atoms with Gasteiger partial charge < -0.3 is 49.7 Å². The number of carbonyl (C=O) groups is 2. The molecule has 0 aliphatic heterocycles. The normalized spacial score (nSPS) is 22.4. The molecule has 1 saturated carbocycles. The summed E-state index contributed by atoms with van der Waals surface area (Å²) in [5.74, 6) is -1.56. The molecule has 6 unspecified atom stereocenters. The molecule has 0 aromatic heterocycles. The molecule has 17 nitrogen and oxygen atoms in total. The van der Waals surface area contributed by atoms with Crippen LogP contribution in [0, 0.1) is 0 Å². The number of ether oxygens (including phenoxy) is 2. The second-order valence-electron chi connectivity index (χ2n) is 16.6. The lowest BCUT2D eigenvalue weighted by atomic mass is 9.85. The number of esters is 2. The predicted octanol–water partition coefficient (Wildman–Crippen LogP) is 8.70. The van der Waals surface area contributed by atoms with E-state index in [1.165, 1.54) is 44.6 Å². The number of unbranched alkanes of at least 4 members (excludes halogenated alkanes) is 7. The van der Waals surface area contributed by atoms with Crippen molar-refractivity contribution in [2.75, 3.05) is 13.2 Å². The zero-order valence-corrected chi connectivity index (χ0v) is 42.8. The summed E-state index contributed by atoms with van der Waals surface area (Å²) in [5.41, 5.74) is 0. The summed E-state index contributed by atoms with van der Waals surface area (Å²) in [5, 5.41) is 51.7. The second kappa shape index (κ2) is 40.1. The van der Waals surface area contributed by atoms with Crippen molar-refractivity contribution in [1.82, 2.24) is 0 Å². The van der Waals surface area contributed by atoms with Crippen LogP contribution in [-0.4, -0.2) is 114 Å². The number of aliphatic hydroxyl groups is 5. The number of hydrogen-bond donors (Lipinski definition) is 8. The standard InChI is InChI=1S/C51H82O17P2/c1-3-5-7-9-11-13-15-17-19-21-23-25-27-29-31-33-35-37-44(53)64-40-43(41-65-70(62,63)68-51-48(57)46(55)47(56)50(49(51)58)67-69(59,60)61)66-45(54)39-38-42(52)36-34-32-30-28-26-24-22-20-18-16-14-12-10-8-6-4-2/h6,8,12,14,17-20,23-26,29-32,34,36,42-43,46-52,55-58H,3-5,7,9-11,13,15-16,21-22,27-28,33,35,37-41H2,1-2H3,(H,62,63)(H2,59,60,61)/b8-6-,14-12-,19-17-,20-18-,25-23-,26-24-,31-29-,32-30-,36-34-/t42?,43-,46?,47?,48?,49?,50-,51+/m1/s1. The first-order chi connectivity index (χ1) is 33.5. The number of hydrogen-bond acceptors (Lipinski definition) is 14. The Hall–Kier alpha value is -3.38. The highest BCUT2D eigenvalue weighted by molar-refractivity contribution is 7.47. The van der Waals surface area contributed by atoms with Gasteiger partial charge in [-0.15, -0.1) is 0 Å². The maximum absolute atomic E-state index is 13.0. The van der Waals surface area contributed by atoms with E-state index in [-0.39, 0.29) is 19.3 Å². The molecule has 70 heavy (non-hydrogen) atoms. The first-order valence-corrected chi connectivity index (χ1v) is 27.6. The molecule has 0 heterocycles. The number of aliphatic hydroxyl groups excluding tert-OH is 5. The van der Waals surface area contributed by atoms with E-state index < -0.39 is 89.6 Å². The maximum atomic E-state index is 13.0. The van der Waals surface area contributed by atoms with Crippen molar-refractivity contribution >= 4 is 27.6 Å². The first kappa shape index (κ1) is 64.6. The van der Waals surface area contributed by atoms with Gasteiger partial charge in [0.15, 0.2) is 6.10 Å². The Morgan fingerprint density at radius 1 is 0.543 bits per heavy atom. The van der Waals surface area contributed by atoms with Crippen LogP contribution in [0.1, 0.15) is 136 Å². The number of allylic oxidation sites excluding steroid dienone is 17. The largest absolute Gasteiger partial charge is 0.472 e. The van der Waals surface area contributed by atoms with Gasteiger partial charge in [0.05, 0.1) is 12.7 Å². The van der Waals surface area contributed by atoms with E-state index in [2.05, 4.69) is 79.1 Å². The molecule has 1 fully saturated rings. The van der Waals surface area contributed by atoms with Gasteiger partial charge >= 0.3 is 27.6 Å². The fraction of sp³-hybridized carbons (Fsp3) is 0.608. The van der Waals surface area contributed by atoms with Crippen molar-refractivity contribution in [3.63, 3.8) is 0 Å². The molecule has 0 aromatic carbocycles. The topological polar surface area (TPSA) is 276 Å². The fourth-order valence-electron chi connectivity index (χ4n) is 6.62. The molecule has 8 N–H and O–H groups in total. The van der Waals surface area contributed by atoms with Crippen LogP contribution in [0.2, 0.25) is 0 Å². The molecule has 19 heteroatoms.